The minimum absolute atomic E-state index is 0.0317. The van der Waals surface area contributed by atoms with Crippen LogP contribution >= 0.6 is 31.9 Å². The molecule has 0 radical (unpaired) electrons. The molecule has 11 heteroatoms. The molecule has 0 aliphatic rings. The number of ether oxygens (including phenoxy) is 1. The molecule has 0 saturated heterocycles. The lowest BCUT2D eigenvalue weighted by molar-refractivity contribution is 0.102. The average molecular weight is 574 g/mol. The quantitative estimate of drug-likeness (QED) is 0.328. The van der Waals surface area contributed by atoms with E-state index in [2.05, 4.69) is 47.3 Å². The van der Waals surface area contributed by atoms with Crippen LogP contribution < -0.4 is 21.3 Å². The first-order valence-electron chi connectivity index (χ1n) is 9.37. The highest BCUT2D eigenvalue weighted by Gasteiger charge is 2.16. The molecule has 4 aromatic rings. The predicted molar refractivity (Wildman–Crippen MR) is 128 cm³/mol. The second kappa shape index (κ2) is 9.43. The van der Waals surface area contributed by atoms with Gasteiger partial charge in [-0.25, -0.2) is 4.79 Å². The Bertz CT molecular complexity index is 1440. The number of aromatic hydroxyl groups is 1. The number of nitrogens with zero attached hydrogens (tertiary/aromatic N) is 2. The zero-order valence-electron chi connectivity index (χ0n) is 16.6. The van der Waals surface area contributed by atoms with Gasteiger partial charge < -0.3 is 15.2 Å². The molecule has 3 N–H and O–H groups in total. The Morgan fingerprint density at radius 2 is 1.73 bits per heavy atom. The van der Waals surface area contributed by atoms with Crippen LogP contribution in [0.3, 0.4) is 0 Å². The lowest BCUT2D eigenvalue weighted by atomic mass is 10.1. The number of carbonyl (C=O) groups excluding carboxylic acids is 1. The van der Waals surface area contributed by atoms with E-state index in [9.17, 15) is 19.5 Å². The summed E-state index contributed by atoms with van der Waals surface area (Å²) < 4.78 is 7.88. The van der Waals surface area contributed by atoms with E-state index in [0.29, 0.717) is 31.8 Å². The zero-order chi connectivity index (χ0) is 23.5. The number of para-hydroxylation sites is 1. The van der Waals surface area contributed by atoms with E-state index in [1.807, 2.05) is 6.07 Å². The molecular formula is C22H14Br2N4O5. The van der Waals surface area contributed by atoms with Crippen LogP contribution in [0.15, 0.2) is 85.4 Å². The largest absolute Gasteiger partial charge is 0.507 e. The third kappa shape index (κ3) is 5.04. The van der Waals surface area contributed by atoms with Gasteiger partial charge in [-0.1, -0.05) is 18.2 Å². The summed E-state index contributed by atoms with van der Waals surface area (Å²) in [7, 11) is 0. The summed E-state index contributed by atoms with van der Waals surface area (Å²) in [4.78, 5) is 38.0. The predicted octanol–water partition coefficient (Wildman–Crippen LogP) is 4.20. The van der Waals surface area contributed by atoms with Gasteiger partial charge in [0.15, 0.2) is 5.75 Å². The Balaban J connectivity index is 1.63. The lowest BCUT2D eigenvalue weighted by Crippen LogP contribution is -2.30. The minimum Gasteiger partial charge on any atom is -0.507 e. The lowest BCUT2D eigenvalue weighted by Gasteiger charge is -2.14. The first-order chi connectivity index (χ1) is 15.8. The van der Waals surface area contributed by atoms with E-state index >= 15 is 0 Å². The summed E-state index contributed by atoms with van der Waals surface area (Å²) in [5.41, 5.74) is -0.308. The molecule has 0 spiro atoms. The Morgan fingerprint density at radius 3 is 2.39 bits per heavy atom. The molecule has 1 amide bonds. The van der Waals surface area contributed by atoms with Crippen molar-refractivity contribution in [3.8, 4) is 22.9 Å². The molecule has 0 aliphatic carbocycles. The summed E-state index contributed by atoms with van der Waals surface area (Å²) in [6.45, 7) is 0. The number of aromatic amines is 1. The van der Waals surface area contributed by atoms with Crippen molar-refractivity contribution in [3.63, 3.8) is 0 Å². The number of amides is 1. The first-order valence-corrected chi connectivity index (χ1v) is 11.0. The van der Waals surface area contributed by atoms with Crippen LogP contribution in [0.4, 0.5) is 5.69 Å². The monoisotopic (exact) mass is 572 g/mol. The average Bonchev–Trinajstić information content (AvgIpc) is 2.78. The van der Waals surface area contributed by atoms with Crippen LogP contribution in [0.2, 0.25) is 0 Å². The maximum absolute atomic E-state index is 12.6. The number of halogens is 2. The molecule has 1 heterocycles. The van der Waals surface area contributed by atoms with Gasteiger partial charge >= 0.3 is 5.69 Å². The molecule has 0 atom stereocenters. The number of rotatable bonds is 5. The van der Waals surface area contributed by atoms with E-state index in [4.69, 9.17) is 4.74 Å². The standard InChI is InChI=1S/C22H14Br2N4O5/c23-16-8-13(28-22(32)27-19(30)11-25-28)9-17(24)20(16)33-14-6-7-18(29)15(10-14)21(31)26-12-4-2-1-3-5-12/h1-11,29H,(H,26,31)(H,27,30,32). The van der Waals surface area contributed by atoms with E-state index in [1.54, 1.807) is 36.4 Å². The Morgan fingerprint density at radius 1 is 1.03 bits per heavy atom. The van der Waals surface area contributed by atoms with Crippen molar-refractivity contribution in [3.05, 3.63) is 102 Å². The smallest absolute Gasteiger partial charge is 0.349 e. The van der Waals surface area contributed by atoms with Crippen LogP contribution in [-0.4, -0.2) is 25.8 Å². The normalized spacial score (nSPS) is 10.6. The molecule has 9 nitrogen and oxygen atoms in total. The number of anilines is 1. The van der Waals surface area contributed by atoms with Crippen molar-refractivity contribution in [1.82, 2.24) is 14.8 Å². The van der Waals surface area contributed by atoms with Gasteiger partial charge in [-0.05, 0) is 74.3 Å². The van der Waals surface area contributed by atoms with Crippen molar-refractivity contribution < 1.29 is 14.6 Å². The number of phenolic OH excluding ortho intramolecular Hbond substituents is 1. The number of phenols is 1. The maximum Gasteiger partial charge on any atom is 0.349 e. The number of benzene rings is 3. The number of hydrogen-bond donors (Lipinski definition) is 3. The van der Waals surface area contributed by atoms with Gasteiger partial charge in [0.25, 0.3) is 11.5 Å². The van der Waals surface area contributed by atoms with Gasteiger partial charge in [-0.15, -0.1) is 0 Å². The van der Waals surface area contributed by atoms with Crippen molar-refractivity contribution >= 4 is 43.5 Å². The maximum atomic E-state index is 12.6. The summed E-state index contributed by atoms with van der Waals surface area (Å²) in [5.74, 6) is -0.0512. The van der Waals surface area contributed by atoms with Gasteiger partial charge in [0.1, 0.15) is 17.7 Å². The molecule has 4 rings (SSSR count). The van der Waals surface area contributed by atoms with Gasteiger partial charge in [0.2, 0.25) is 0 Å². The summed E-state index contributed by atoms with van der Waals surface area (Å²) >= 11 is 6.80. The number of nitrogens with one attached hydrogen (secondary N) is 2. The molecule has 0 saturated carbocycles. The van der Waals surface area contributed by atoms with Crippen molar-refractivity contribution in [2.45, 2.75) is 0 Å². The molecule has 0 bridgehead atoms. The topological polar surface area (TPSA) is 126 Å². The van der Waals surface area contributed by atoms with Crippen molar-refractivity contribution in [2.75, 3.05) is 5.32 Å². The van der Waals surface area contributed by atoms with Crippen molar-refractivity contribution in [2.24, 2.45) is 0 Å². The highest BCUT2D eigenvalue weighted by molar-refractivity contribution is 9.11. The third-order valence-electron chi connectivity index (χ3n) is 4.40. The fraction of sp³-hybridized carbons (Fsp3) is 0. The van der Waals surface area contributed by atoms with Gasteiger partial charge in [-0.3, -0.25) is 14.6 Å². The minimum atomic E-state index is -0.692. The number of H-pyrrole nitrogens is 1. The van der Waals surface area contributed by atoms with Crippen molar-refractivity contribution in [1.29, 1.82) is 0 Å². The Kier molecular flexibility index (Phi) is 6.43. The van der Waals surface area contributed by atoms with Gasteiger partial charge in [-0.2, -0.15) is 9.78 Å². The molecule has 0 unspecified atom stereocenters. The molecule has 1 aromatic heterocycles. The summed E-state index contributed by atoms with van der Waals surface area (Å²) in [5, 5.41) is 16.7. The number of aromatic nitrogens is 3. The molecule has 166 valence electrons. The molecule has 0 fully saturated rings. The fourth-order valence-corrected chi connectivity index (χ4v) is 4.23. The van der Waals surface area contributed by atoms with E-state index in [0.717, 1.165) is 10.9 Å². The molecule has 3 aromatic carbocycles. The highest BCUT2D eigenvalue weighted by atomic mass is 79.9. The third-order valence-corrected chi connectivity index (χ3v) is 5.58. The van der Waals surface area contributed by atoms with Crippen LogP contribution in [0, 0.1) is 0 Å². The first kappa shape index (κ1) is 22.5. The van der Waals surface area contributed by atoms with Crippen LogP contribution in [0.5, 0.6) is 17.2 Å². The zero-order valence-corrected chi connectivity index (χ0v) is 19.8. The van der Waals surface area contributed by atoms with E-state index in [-0.39, 0.29) is 11.3 Å². The van der Waals surface area contributed by atoms with E-state index < -0.39 is 17.2 Å². The fourth-order valence-electron chi connectivity index (χ4n) is 2.90. The SMILES string of the molecule is O=C(Nc1ccccc1)c1cc(Oc2c(Br)cc(-n3ncc(=O)[nH]c3=O)cc2Br)ccc1O. The summed E-state index contributed by atoms with van der Waals surface area (Å²) in [6.07, 6.45) is 0.992. The van der Waals surface area contributed by atoms with Crippen LogP contribution in [0.25, 0.3) is 5.69 Å². The molecule has 0 aliphatic heterocycles. The van der Waals surface area contributed by atoms with Crippen LogP contribution in [0.1, 0.15) is 10.4 Å². The highest BCUT2D eigenvalue weighted by Crippen LogP contribution is 2.39. The molecular weight excluding hydrogens is 560 g/mol. The Labute approximate surface area is 202 Å². The van der Waals surface area contributed by atoms with Crippen LogP contribution in [-0.2, 0) is 0 Å². The Hall–Kier alpha value is -3.70. The molecule has 33 heavy (non-hydrogen) atoms. The number of hydrogen-bond acceptors (Lipinski definition) is 6. The number of carbonyl (C=O) groups is 1. The second-order valence-corrected chi connectivity index (χ2v) is 8.40. The van der Waals surface area contributed by atoms with Gasteiger partial charge in [0.05, 0.1) is 20.2 Å². The second-order valence-electron chi connectivity index (χ2n) is 6.69. The summed E-state index contributed by atoms with van der Waals surface area (Å²) in [6, 6.07) is 16.3. The van der Waals surface area contributed by atoms with Gasteiger partial charge in [0, 0.05) is 5.69 Å². The van der Waals surface area contributed by atoms with E-state index in [1.165, 1.54) is 18.2 Å².